The fraction of sp³-hybridized carbons (Fsp3) is 0.235. The van der Waals surface area contributed by atoms with Crippen LogP contribution >= 0.6 is 23.2 Å². The number of carbonyl (C=O) groups excluding carboxylic acids is 2. The number of carbonyl (C=O) groups is 2. The highest BCUT2D eigenvalue weighted by Gasteiger charge is 2.35. The van der Waals surface area contributed by atoms with Gasteiger partial charge in [-0.25, -0.2) is 12.8 Å². The van der Waals surface area contributed by atoms with Gasteiger partial charge in [-0.05, 0) is 80.1 Å². The maximum Gasteiger partial charge on any atom is 0.264 e. The molecule has 0 aliphatic carbocycles. The molecule has 8 nitrogen and oxygen atoms in total. The van der Waals surface area contributed by atoms with Crippen LogP contribution in [-0.4, -0.2) is 50.9 Å². The van der Waals surface area contributed by atoms with E-state index in [-0.39, 0.29) is 33.6 Å². The van der Waals surface area contributed by atoms with Crippen molar-refractivity contribution in [2.45, 2.75) is 37.8 Å². The zero-order valence-corrected chi connectivity index (χ0v) is 27.7. The molecule has 12 heteroatoms. The molecule has 4 aromatic rings. The summed E-state index contributed by atoms with van der Waals surface area (Å²) < 4.78 is 48.5. The van der Waals surface area contributed by atoms with E-state index in [0.29, 0.717) is 24.5 Å². The fourth-order valence-electron chi connectivity index (χ4n) is 4.84. The lowest BCUT2D eigenvalue weighted by Crippen LogP contribution is -2.53. The van der Waals surface area contributed by atoms with Crippen molar-refractivity contribution in [3.63, 3.8) is 0 Å². The van der Waals surface area contributed by atoms with Crippen LogP contribution in [0.5, 0.6) is 5.75 Å². The second-order valence-corrected chi connectivity index (χ2v) is 12.9. The molecule has 0 fully saturated rings. The van der Waals surface area contributed by atoms with Crippen LogP contribution in [0.15, 0.2) is 102 Å². The average molecular weight is 687 g/mol. The van der Waals surface area contributed by atoms with Gasteiger partial charge in [-0.1, -0.05) is 59.6 Å². The van der Waals surface area contributed by atoms with E-state index in [1.165, 1.54) is 41.3 Å². The van der Waals surface area contributed by atoms with Crippen LogP contribution in [-0.2, 0) is 32.6 Å². The summed E-state index contributed by atoms with van der Waals surface area (Å²) in [7, 11) is -4.38. The third-order valence-corrected chi connectivity index (χ3v) is 9.62. The van der Waals surface area contributed by atoms with Crippen LogP contribution in [0.25, 0.3) is 0 Å². The fourth-order valence-corrected chi connectivity index (χ4v) is 6.77. The molecule has 242 valence electrons. The number of nitrogens with zero attached hydrogens (tertiary/aromatic N) is 2. The molecule has 0 unspecified atom stereocenters. The molecular weight excluding hydrogens is 652 g/mol. The van der Waals surface area contributed by atoms with Gasteiger partial charge < -0.3 is 15.0 Å². The number of ether oxygens (including phenoxy) is 1. The van der Waals surface area contributed by atoms with E-state index >= 15 is 0 Å². The molecule has 0 radical (unpaired) electrons. The normalized spacial score (nSPS) is 11.8. The molecule has 46 heavy (non-hydrogen) atoms. The zero-order chi connectivity index (χ0) is 33.3. The summed E-state index contributed by atoms with van der Waals surface area (Å²) in [6.07, 6.45) is 0.128. The van der Waals surface area contributed by atoms with Gasteiger partial charge in [0.2, 0.25) is 11.8 Å². The van der Waals surface area contributed by atoms with Crippen LogP contribution in [0.4, 0.5) is 10.1 Å². The van der Waals surface area contributed by atoms with Crippen molar-refractivity contribution in [1.82, 2.24) is 10.2 Å². The minimum atomic E-state index is -4.38. The van der Waals surface area contributed by atoms with E-state index in [2.05, 4.69) is 5.32 Å². The first-order chi connectivity index (χ1) is 22.0. The van der Waals surface area contributed by atoms with Crippen molar-refractivity contribution in [3.05, 3.63) is 124 Å². The van der Waals surface area contributed by atoms with Crippen molar-refractivity contribution in [3.8, 4) is 5.75 Å². The van der Waals surface area contributed by atoms with E-state index in [4.69, 9.17) is 27.9 Å². The van der Waals surface area contributed by atoms with Crippen molar-refractivity contribution in [2.75, 3.05) is 24.0 Å². The van der Waals surface area contributed by atoms with Crippen LogP contribution in [0.2, 0.25) is 10.0 Å². The first-order valence-electron chi connectivity index (χ1n) is 14.6. The Kier molecular flexibility index (Phi) is 12.0. The Hall–Kier alpha value is -4.12. The van der Waals surface area contributed by atoms with Crippen LogP contribution in [0, 0.1) is 5.82 Å². The monoisotopic (exact) mass is 685 g/mol. The second-order valence-electron chi connectivity index (χ2n) is 10.2. The van der Waals surface area contributed by atoms with Crippen molar-refractivity contribution >= 4 is 50.7 Å². The number of halogens is 3. The van der Waals surface area contributed by atoms with Gasteiger partial charge >= 0.3 is 0 Å². The number of nitrogens with one attached hydrogen (secondary N) is 1. The van der Waals surface area contributed by atoms with Crippen LogP contribution in [0.1, 0.15) is 25.0 Å². The molecule has 4 aromatic carbocycles. The number of rotatable bonds is 14. The SMILES string of the molecule is CCNC(=O)[C@H](Cc1ccccc1)N(Cc1c(Cl)cccc1Cl)C(=O)CN(c1ccc(F)cc1)S(=O)(=O)c1ccc(OCC)cc1. The summed E-state index contributed by atoms with van der Waals surface area (Å²) in [6, 6.07) is 23.5. The lowest BCUT2D eigenvalue weighted by atomic mass is 10.0. The molecule has 2 amide bonds. The van der Waals surface area contributed by atoms with Gasteiger partial charge in [0.05, 0.1) is 17.2 Å². The van der Waals surface area contributed by atoms with E-state index in [1.54, 1.807) is 32.0 Å². The lowest BCUT2D eigenvalue weighted by Gasteiger charge is -2.34. The molecular formula is C34H34Cl2FN3O5S. The summed E-state index contributed by atoms with van der Waals surface area (Å²) in [6.45, 7) is 3.35. The Labute approximate surface area is 278 Å². The first-order valence-corrected chi connectivity index (χ1v) is 16.8. The Morgan fingerprint density at radius 2 is 1.50 bits per heavy atom. The van der Waals surface area contributed by atoms with E-state index in [0.717, 1.165) is 22.0 Å². The second kappa shape index (κ2) is 15.9. The minimum absolute atomic E-state index is 0.0528. The van der Waals surface area contributed by atoms with Gasteiger partial charge in [-0.3, -0.25) is 13.9 Å². The molecule has 0 heterocycles. The Bertz CT molecular complexity index is 1720. The summed E-state index contributed by atoms with van der Waals surface area (Å²) in [4.78, 5) is 29.2. The van der Waals surface area contributed by atoms with Crippen LogP contribution in [0.3, 0.4) is 0 Å². The maximum absolute atomic E-state index is 14.4. The summed E-state index contributed by atoms with van der Waals surface area (Å²) in [5, 5.41) is 3.35. The summed E-state index contributed by atoms with van der Waals surface area (Å²) in [5.41, 5.74) is 1.22. The minimum Gasteiger partial charge on any atom is -0.494 e. The quantitative estimate of drug-likeness (QED) is 0.163. The third kappa shape index (κ3) is 8.57. The van der Waals surface area contributed by atoms with Crippen molar-refractivity contribution < 1.29 is 27.1 Å². The predicted octanol–water partition coefficient (Wildman–Crippen LogP) is 6.50. The smallest absolute Gasteiger partial charge is 0.264 e. The zero-order valence-electron chi connectivity index (χ0n) is 25.3. The van der Waals surface area contributed by atoms with Gasteiger partial charge in [-0.2, -0.15) is 0 Å². The Balaban J connectivity index is 1.81. The third-order valence-electron chi connectivity index (χ3n) is 7.13. The number of anilines is 1. The number of benzene rings is 4. The predicted molar refractivity (Wildman–Crippen MR) is 178 cm³/mol. The number of amides is 2. The van der Waals surface area contributed by atoms with E-state index < -0.39 is 40.2 Å². The average Bonchev–Trinajstić information content (AvgIpc) is 3.04. The first kappa shape index (κ1) is 34.7. The molecule has 0 spiro atoms. The van der Waals surface area contributed by atoms with Gasteiger partial charge in [0.25, 0.3) is 10.0 Å². The summed E-state index contributed by atoms with van der Waals surface area (Å²) in [5.74, 6) is -1.26. The molecule has 1 atom stereocenters. The topological polar surface area (TPSA) is 96.0 Å². The highest BCUT2D eigenvalue weighted by Crippen LogP contribution is 2.29. The molecule has 0 aromatic heterocycles. The Morgan fingerprint density at radius 3 is 2.09 bits per heavy atom. The number of likely N-dealkylation sites (N-methyl/N-ethyl adjacent to an activating group) is 1. The molecule has 0 aliphatic rings. The van der Waals surface area contributed by atoms with E-state index in [9.17, 15) is 22.4 Å². The highest BCUT2D eigenvalue weighted by molar-refractivity contribution is 7.92. The number of hydrogen-bond donors (Lipinski definition) is 1. The molecule has 0 bridgehead atoms. The van der Waals surface area contributed by atoms with E-state index in [1.807, 2.05) is 30.3 Å². The van der Waals surface area contributed by atoms with Crippen LogP contribution < -0.4 is 14.4 Å². The molecule has 0 saturated carbocycles. The van der Waals surface area contributed by atoms with Gasteiger partial charge in [-0.15, -0.1) is 0 Å². The van der Waals surface area contributed by atoms with Gasteiger partial charge in [0.15, 0.2) is 0 Å². The molecule has 4 rings (SSSR count). The van der Waals surface area contributed by atoms with Gasteiger partial charge in [0, 0.05) is 35.1 Å². The largest absolute Gasteiger partial charge is 0.494 e. The molecule has 0 aliphatic heterocycles. The van der Waals surface area contributed by atoms with Gasteiger partial charge in [0.1, 0.15) is 24.2 Å². The summed E-state index contributed by atoms with van der Waals surface area (Å²) >= 11 is 13.0. The molecule has 1 N–H and O–H groups in total. The standard InChI is InChI=1S/C34H34Cl2FN3O5S/c1-3-38-34(42)32(21-24-9-6-5-7-10-24)39(22-29-30(35)11-8-12-31(29)36)33(41)23-40(26-15-13-25(37)14-16-26)46(43,44)28-19-17-27(18-20-28)45-4-2/h5-20,32H,3-4,21-23H2,1-2H3,(H,38,42)/t32-/m0/s1. The van der Waals surface area contributed by atoms with Crippen molar-refractivity contribution in [1.29, 1.82) is 0 Å². The molecule has 0 saturated heterocycles. The van der Waals surface area contributed by atoms with Crippen molar-refractivity contribution in [2.24, 2.45) is 0 Å². The lowest BCUT2D eigenvalue weighted by molar-refractivity contribution is -0.140. The number of hydrogen-bond acceptors (Lipinski definition) is 5. The Morgan fingerprint density at radius 1 is 0.870 bits per heavy atom. The maximum atomic E-state index is 14.4. The highest BCUT2D eigenvalue weighted by atomic mass is 35.5. The number of sulfonamides is 1.